The van der Waals surface area contributed by atoms with Crippen molar-refractivity contribution >= 4 is 11.8 Å². The monoisotopic (exact) mass is 269 g/mol. The molecule has 1 rings (SSSR count). The molecule has 19 heavy (non-hydrogen) atoms. The summed E-state index contributed by atoms with van der Waals surface area (Å²) in [5.41, 5.74) is 5.69. The first-order valence-electron chi connectivity index (χ1n) is 7.15. The molecule has 0 bridgehead atoms. The Hall–Kier alpha value is -1.10. The van der Waals surface area contributed by atoms with Crippen molar-refractivity contribution in [2.24, 2.45) is 17.1 Å². The molecule has 1 unspecified atom stereocenters. The molecule has 1 atom stereocenters. The van der Waals surface area contributed by atoms with Gasteiger partial charge in [-0.3, -0.25) is 9.59 Å². The van der Waals surface area contributed by atoms with E-state index in [1.54, 1.807) is 0 Å². The number of nitrogens with one attached hydrogen (secondary N) is 1. The van der Waals surface area contributed by atoms with E-state index >= 15 is 0 Å². The minimum absolute atomic E-state index is 0.0494. The van der Waals surface area contributed by atoms with Crippen LogP contribution in [0.5, 0.6) is 0 Å². The van der Waals surface area contributed by atoms with Crippen LogP contribution in [0.1, 0.15) is 40.0 Å². The van der Waals surface area contributed by atoms with Gasteiger partial charge in [0.25, 0.3) is 0 Å². The summed E-state index contributed by atoms with van der Waals surface area (Å²) in [4.78, 5) is 25.6. The highest BCUT2D eigenvalue weighted by Gasteiger charge is 2.30. The normalized spacial score (nSPS) is 20.0. The van der Waals surface area contributed by atoms with Crippen LogP contribution >= 0.6 is 0 Å². The van der Waals surface area contributed by atoms with Crippen LogP contribution in [0.25, 0.3) is 0 Å². The van der Waals surface area contributed by atoms with Gasteiger partial charge in [-0.15, -0.1) is 0 Å². The molecule has 110 valence electrons. The lowest BCUT2D eigenvalue weighted by Crippen LogP contribution is -2.48. The second kappa shape index (κ2) is 6.89. The molecule has 1 saturated heterocycles. The number of rotatable bonds is 6. The first kappa shape index (κ1) is 16.0. The largest absolute Gasteiger partial charge is 0.355 e. The standard InChI is InChI=1S/C14H27N3O2/c1-4-7-17(10-14(2,3)9-15)13(19)11-5-6-12(18)16-8-11/h11H,4-10,15H2,1-3H3,(H,16,18). The highest BCUT2D eigenvalue weighted by Crippen LogP contribution is 2.20. The van der Waals surface area contributed by atoms with Gasteiger partial charge in [-0.2, -0.15) is 0 Å². The third-order valence-corrected chi connectivity index (χ3v) is 3.59. The van der Waals surface area contributed by atoms with Gasteiger partial charge in [0.1, 0.15) is 0 Å². The number of hydrogen-bond donors (Lipinski definition) is 2. The minimum Gasteiger partial charge on any atom is -0.355 e. The van der Waals surface area contributed by atoms with Gasteiger partial charge in [0.05, 0.1) is 5.92 Å². The SMILES string of the molecule is CCCN(CC(C)(C)CN)C(=O)C1CCC(=O)NC1. The van der Waals surface area contributed by atoms with Gasteiger partial charge >= 0.3 is 0 Å². The molecule has 0 aliphatic carbocycles. The number of nitrogens with zero attached hydrogens (tertiary/aromatic N) is 1. The molecule has 5 heteroatoms. The van der Waals surface area contributed by atoms with Crippen molar-refractivity contribution in [2.45, 2.75) is 40.0 Å². The first-order valence-corrected chi connectivity index (χ1v) is 7.15. The number of amides is 2. The van der Waals surface area contributed by atoms with Crippen molar-refractivity contribution in [2.75, 3.05) is 26.2 Å². The summed E-state index contributed by atoms with van der Waals surface area (Å²) in [6, 6.07) is 0. The Kier molecular flexibility index (Phi) is 5.79. The van der Waals surface area contributed by atoms with Crippen LogP contribution in [0.2, 0.25) is 0 Å². The fourth-order valence-electron chi connectivity index (χ4n) is 2.32. The second-order valence-corrected chi connectivity index (χ2v) is 6.17. The van der Waals surface area contributed by atoms with Gasteiger partial charge in [-0.25, -0.2) is 0 Å². The average Bonchev–Trinajstić information content (AvgIpc) is 2.38. The van der Waals surface area contributed by atoms with E-state index in [4.69, 9.17) is 5.73 Å². The number of carbonyl (C=O) groups is 2. The maximum atomic E-state index is 12.5. The summed E-state index contributed by atoms with van der Waals surface area (Å²) in [6.07, 6.45) is 2.05. The van der Waals surface area contributed by atoms with E-state index in [1.165, 1.54) is 0 Å². The van der Waals surface area contributed by atoms with E-state index in [1.807, 2.05) is 4.90 Å². The zero-order valence-electron chi connectivity index (χ0n) is 12.4. The van der Waals surface area contributed by atoms with Gasteiger partial charge in [0.2, 0.25) is 11.8 Å². The van der Waals surface area contributed by atoms with Crippen molar-refractivity contribution in [3.05, 3.63) is 0 Å². The predicted octanol–water partition coefficient (Wildman–Crippen LogP) is 0.736. The summed E-state index contributed by atoms with van der Waals surface area (Å²) >= 11 is 0. The Labute approximate surface area is 115 Å². The number of hydrogen-bond acceptors (Lipinski definition) is 3. The number of nitrogens with two attached hydrogens (primary N) is 1. The molecular weight excluding hydrogens is 242 g/mol. The number of piperidine rings is 1. The summed E-state index contributed by atoms with van der Waals surface area (Å²) in [5.74, 6) is 0.134. The first-order chi connectivity index (χ1) is 8.89. The molecule has 0 aromatic carbocycles. The zero-order valence-corrected chi connectivity index (χ0v) is 12.4. The van der Waals surface area contributed by atoms with Crippen molar-refractivity contribution < 1.29 is 9.59 Å². The molecule has 0 aromatic rings. The lowest BCUT2D eigenvalue weighted by Gasteiger charge is -2.35. The molecule has 0 radical (unpaired) electrons. The van der Waals surface area contributed by atoms with E-state index in [0.717, 1.165) is 13.0 Å². The van der Waals surface area contributed by atoms with Crippen LogP contribution in [0.3, 0.4) is 0 Å². The van der Waals surface area contributed by atoms with E-state index in [-0.39, 0.29) is 23.1 Å². The molecule has 0 spiro atoms. The van der Waals surface area contributed by atoms with Gasteiger partial charge < -0.3 is 16.0 Å². The van der Waals surface area contributed by atoms with Crippen molar-refractivity contribution in [1.82, 2.24) is 10.2 Å². The molecule has 3 N–H and O–H groups in total. The van der Waals surface area contributed by atoms with Crippen molar-refractivity contribution in [1.29, 1.82) is 0 Å². The van der Waals surface area contributed by atoms with Crippen LogP contribution in [0, 0.1) is 11.3 Å². The lowest BCUT2D eigenvalue weighted by molar-refractivity contribution is -0.138. The summed E-state index contributed by atoms with van der Waals surface area (Å²) < 4.78 is 0. The van der Waals surface area contributed by atoms with Crippen LogP contribution in [0.15, 0.2) is 0 Å². The number of carbonyl (C=O) groups excluding carboxylic acids is 2. The molecule has 0 aromatic heterocycles. The van der Waals surface area contributed by atoms with E-state index < -0.39 is 0 Å². The molecule has 5 nitrogen and oxygen atoms in total. The maximum absolute atomic E-state index is 12.5. The van der Waals surface area contributed by atoms with Crippen LogP contribution in [0.4, 0.5) is 0 Å². The van der Waals surface area contributed by atoms with Gasteiger partial charge in [-0.1, -0.05) is 20.8 Å². The molecular formula is C14H27N3O2. The van der Waals surface area contributed by atoms with Crippen LogP contribution < -0.4 is 11.1 Å². The van der Waals surface area contributed by atoms with E-state index in [2.05, 4.69) is 26.1 Å². The molecule has 0 saturated carbocycles. The molecule has 1 fully saturated rings. The van der Waals surface area contributed by atoms with Gasteiger partial charge in [0.15, 0.2) is 0 Å². The Morgan fingerprint density at radius 1 is 1.53 bits per heavy atom. The Bertz CT molecular complexity index is 319. The van der Waals surface area contributed by atoms with E-state index in [9.17, 15) is 9.59 Å². The van der Waals surface area contributed by atoms with Crippen molar-refractivity contribution in [3.8, 4) is 0 Å². The van der Waals surface area contributed by atoms with Crippen LogP contribution in [-0.2, 0) is 9.59 Å². The van der Waals surface area contributed by atoms with Crippen molar-refractivity contribution in [3.63, 3.8) is 0 Å². The predicted molar refractivity (Wildman–Crippen MR) is 75.4 cm³/mol. The Morgan fingerprint density at radius 3 is 2.68 bits per heavy atom. The molecule has 1 aliphatic heterocycles. The van der Waals surface area contributed by atoms with Gasteiger partial charge in [0, 0.05) is 26.1 Å². The molecule has 1 heterocycles. The fraction of sp³-hybridized carbons (Fsp3) is 0.857. The quantitative estimate of drug-likeness (QED) is 0.746. The smallest absolute Gasteiger partial charge is 0.227 e. The third kappa shape index (κ3) is 4.82. The lowest BCUT2D eigenvalue weighted by atomic mass is 9.91. The highest BCUT2D eigenvalue weighted by molar-refractivity contribution is 5.83. The Morgan fingerprint density at radius 2 is 2.21 bits per heavy atom. The highest BCUT2D eigenvalue weighted by atomic mass is 16.2. The summed E-state index contributed by atoms with van der Waals surface area (Å²) in [6.45, 7) is 8.69. The second-order valence-electron chi connectivity index (χ2n) is 6.17. The summed E-state index contributed by atoms with van der Waals surface area (Å²) in [7, 11) is 0. The fourth-order valence-corrected chi connectivity index (χ4v) is 2.32. The van der Waals surface area contributed by atoms with Gasteiger partial charge in [-0.05, 0) is 24.8 Å². The molecule has 1 aliphatic rings. The molecule has 2 amide bonds. The van der Waals surface area contributed by atoms with Crippen LogP contribution in [-0.4, -0.2) is 42.9 Å². The summed E-state index contributed by atoms with van der Waals surface area (Å²) in [5, 5.41) is 2.78. The zero-order chi connectivity index (χ0) is 14.5. The average molecular weight is 269 g/mol. The van der Waals surface area contributed by atoms with E-state index in [0.29, 0.717) is 32.5 Å². The Balaban J connectivity index is 2.64. The minimum atomic E-state index is -0.0715. The topological polar surface area (TPSA) is 75.4 Å². The third-order valence-electron chi connectivity index (χ3n) is 3.59. The maximum Gasteiger partial charge on any atom is 0.227 e.